The Kier molecular flexibility index (Phi) is 11.7. The van der Waals surface area contributed by atoms with Crippen LogP contribution < -0.4 is 5.32 Å². The number of hydrogen-bond donors (Lipinski definition) is 1. The molecule has 0 aliphatic heterocycles. The van der Waals surface area contributed by atoms with Crippen molar-refractivity contribution in [3.05, 3.63) is 0 Å². The standard InChI is InChI=1S/C15H32N2O3/c1-6-9-16-14(15(18)20-5)12-17(10-11-19-4)13(7-2)8-3/h13-14,16H,6-12H2,1-5H3. The molecule has 0 fully saturated rings. The van der Waals surface area contributed by atoms with Gasteiger partial charge in [-0.25, -0.2) is 0 Å². The van der Waals surface area contributed by atoms with E-state index in [-0.39, 0.29) is 12.0 Å². The number of carbonyl (C=O) groups excluding carboxylic acids is 1. The average molecular weight is 288 g/mol. The van der Waals surface area contributed by atoms with E-state index >= 15 is 0 Å². The predicted octanol–water partition coefficient (Wildman–Crippen LogP) is 1.66. The maximum atomic E-state index is 11.9. The Hall–Kier alpha value is -0.650. The third kappa shape index (κ3) is 7.22. The van der Waals surface area contributed by atoms with Crippen LogP contribution in [-0.4, -0.2) is 63.4 Å². The normalized spacial score (nSPS) is 12.9. The van der Waals surface area contributed by atoms with Crippen molar-refractivity contribution in [2.75, 3.05) is 40.5 Å². The second kappa shape index (κ2) is 12.1. The molecule has 20 heavy (non-hydrogen) atoms. The number of rotatable bonds is 12. The quantitative estimate of drug-likeness (QED) is 0.554. The van der Waals surface area contributed by atoms with Crippen molar-refractivity contribution in [1.82, 2.24) is 10.2 Å². The van der Waals surface area contributed by atoms with Gasteiger partial charge in [0.15, 0.2) is 0 Å². The SMILES string of the molecule is CCCNC(CN(CCOC)C(CC)CC)C(=O)OC. The zero-order valence-corrected chi connectivity index (χ0v) is 13.8. The summed E-state index contributed by atoms with van der Waals surface area (Å²) >= 11 is 0. The van der Waals surface area contributed by atoms with Crippen LogP contribution in [0, 0.1) is 0 Å². The fourth-order valence-corrected chi connectivity index (χ4v) is 2.35. The molecule has 0 aliphatic rings. The molecule has 120 valence electrons. The van der Waals surface area contributed by atoms with Crippen molar-refractivity contribution >= 4 is 5.97 Å². The molecule has 0 rings (SSSR count). The first kappa shape index (κ1) is 19.4. The van der Waals surface area contributed by atoms with E-state index in [1.165, 1.54) is 7.11 Å². The number of hydrogen-bond acceptors (Lipinski definition) is 5. The number of esters is 1. The summed E-state index contributed by atoms with van der Waals surface area (Å²) in [6.07, 6.45) is 3.14. The van der Waals surface area contributed by atoms with Crippen LogP contribution >= 0.6 is 0 Å². The highest BCUT2D eigenvalue weighted by molar-refractivity contribution is 5.75. The molecule has 5 nitrogen and oxygen atoms in total. The Morgan fingerprint density at radius 2 is 1.85 bits per heavy atom. The molecule has 0 spiro atoms. The maximum absolute atomic E-state index is 11.9. The second-order valence-corrected chi connectivity index (χ2v) is 4.99. The molecule has 0 radical (unpaired) electrons. The third-order valence-electron chi connectivity index (χ3n) is 3.59. The van der Waals surface area contributed by atoms with Gasteiger partial charge in [-0.3, -0.25) is 9.69 Å². The van der Waals surface area contributed by atoms with E-state index in [1.807, 2.05) is 0 Å². The Morgan fingerprint density at radius 3 is 2.30 bits per heavy atom. The van der Waals surface area contributed by atoms with Crippen LogP contribution in [0.15, 0.2) is 0 Å². The van der Waals surface area contributed by atoms with Gasteiger partial charge in [-0.1, -0.05) is 20.8 Å². The molecule has 0 aromatic heterocycles. The molecule has 0 aliphatic carbocycles. The minimum Gasteiger partial charge on any atom is -0.468 e. The van der Waals surface area contributed by atoms with Crippen LogP contribution in [0.4, 0.5) is 0 Å². The summed E-state index contributed by atoms with van der Waals surface area (Å²) in [5.74, 6) is -0.188. The second-order valence-electron chi connectivity index (χ2n) is 4.99. The molecule has 0 saturated carbocycles. The van der Waals surface area contributed by atoms with E-state index in [1.54, 1.807) is 7.11 Å². The number of nitrogens with zero attached hydrogens (tertiary/aromatic N) is 1. The topological polar surface area (TPSA) is 50.8 Å². The Labute approximate surface area is 124 Å². The lowest BCUT2D eigenvalue weighted by Crippen LogP contribution is -2.50. The van der Waals surface area contributed by atoms with Gasteiger partial charge in [-0.05, 0) is 25.8 Å². The Morgan fingerprint density at radius 1 is 1.20 bits per heavy atom. The maximum Gasteiger partial charge on any atom is 0.324 e. The van der Waals surface area contributed by atoms with Gasteiger partial charge in [0.25, 0.3) is 0 Å². The first-order chi connectivity index (χ1) is 9.64. The predicted molar refractivity (Wildman–Crippen MR) is 81.9 cm³/mol. The summed E-state index contributed by atoms with van der Waals surface area (Å²) in [6.45, 7) is 9.46. The van der Waals surface area contributed by atoms with E-state index < -0.39 is 0 Å². The lowest BCUT2D eigenvalue weighted by molar-refractivity contribution is -0.143. The van der Waals surface area contributed by atoms with Gasteiger partial charge in [0, 0.05) is 26.2 Å². The number of carbonyl (C=O) groups is 1. The van der Waals surface area contributed by atoms with Crippen LogP contribution in [-0.2, 0) is 14.3 Å². The summed E-state index contributed by atoms with van der Waals surface area (Å²) in [5.41, 5.74) is 0. The zero-order chi connectivity index (χ0) is 15.4. The van der Waals surface area contributed by atoms with Crippen molar-refractivity contribution in [3.63, 3.8) is 0 Å². The van der Waals surface area contributed by atoms with Gasteiger partial charge in [-0.15, -0.1) is 0 Å². The van der Waals surface area contributed by atoms with E-state index in [0.717, 1.165) is 32.4 Å². The lowest BCUT2D eigenvalue weighted by atomic mass is 10.1. The largest absolute Gasteiger partial charge is 0.468 e. The van der Waals surface area contributed by atoms with Crippen molar-refractivity contribution in [1.29, 1.82) is 0 Å². The van der Waals surface area contributed by atoms with Crippen molar-refractivity contribution < 1.29 is 14.3 Å². The summed E-state index contributed by atoms with van der Waals surface area (Å²) in [5, 5.41) is 3.27. The molecular weight excluding hydrogens is 256 g/mol. The van der Waals surface area contributed by atoms with E-state index in [4.69, 9.17) is 9.47 Å². The lowest BCUT2D eigenvalue weighted by Gasteiger charge is -2.33. The molecule has 0 saturated heterocycles. The summed E-state index contributed by atoms with van der Waals surface area (Å²) in [7, 11) is 3.15. The van der Waals surface area contributed by atoms with Crippen molar-refractivity contribution in [2.24, 2.45) is 0 Å². The molecule has 0 heterocycles. The molecule has 1 N–H and O–H groups in total. The van der Waals surface area contributed by atoms with Gasteiger partial charge in [0.2, 0.25) is 0 Å². The highest BCUT2D eigenvalue weighted by atomic mass is 16.5. The third-order valence-corrected chi connectivity index (χ3v) is 3.59. The number of nitrogens with one attached hydrogen (secondary N) is 1. The van der Waals surface area contributed by atoms with Crippen molar-refractivity contribution in [3.8, 4) is 0 Å². The van der Waals surface area contributed by atoms with E-state index in [0.29, 0.717) is 19.2 Å². The van der Waals surface area contributed by atoms with Crippen LogP contribution in [0.1, 0.15) is 40.0 Å². The number of ether oxygens (including phenoxy) is 2. The Balaban J connectivity index is 4.70. The smallest absolute Gasteiger partial charge is 0.324 e. The molecule has 0 aromatic rings. The van der Waals surface area contributed by atoms with Crippen LogP contribution in [0.3, 0.4) is 0 Å². The van der Waals surface area contributed by atoms with E-state index in [2.05, 4.69) is 31.0 Å². The monoisotopic (exact) mass is 288 g/mol. The minimum absolute atomic E-state index is 0.188. The molecule has 0 amide bonds. The molecule has 0 aromatic carbocycles. The molecular formula is C15H32N2O3. The first-order valence-electron chi connectivity index (χ1n) is 7.68. The molecule has 0 bridgehead atoms. The van der Waals surface area contributed by atoms with Crippen molar-refractivity contribution in [2.45, 2.75) is 52.1 Å². The first-order valence-corrected chi connectivity index (χ1v) is 7.68. The van der Waals surface area contributed by atoms with Gasteiger partial charge >= 0.3 is 5.97 Å². The zero-order valence-electron chi connectivity index (χ0n) is 13.8. The average Bonchev–Trinajstić information content (AvgIpc) is 2.48. The van der Waals surface area contributed by atoms with Gasteiger partial charge < -0.3 is 14.8 Å². The summed E-state index contributed by atoms with van der Waals surface area (Å²) in [6, 6.07) is 0.207. The van der Waals surface area contributed by atoms with Gasteiger partial charge in [0.1, 0.15) is 6.04 Å². The van der Waals surface area contributed by atoms with Crippen LogP contribution in [0.5, 0.6) is 0 Å². The molecule has 5 heteroatoms. The highest BCUT2D eigenvalue weighted by Crippen LogP contribution is 2.10. The van der Waals surface area contributed by atoms with Gasteiger partial charge in [0.05, 0.1) is 13.7 Å². The number of methoxy groups -OCH3 is 2. The minimum atomic E-state index is -0.266. The fourth-order valence-electron chi connectivity index (χ4n) is 2.35. The highest BCUT2D eigenvalue weighted by Gasteiger charge is 2.24. The Bertz CT molecular complexity index is 245. The summed E-state index contributed by atoms with van der Waals surface area (Å²) in [4.78, 5) is 14.2. The van der Waals surface area contributed by atoms with Gasteiger partial charge in [-0.2, -0.15) is 0 Å². The summed E-state index contributed by atoms with van der Waals surface area (Å²) < 4.78 is 10.1. The van der Waals surface area contributed by atoms with E-state index in [9.17, 15) is 4.79 Å². The molecule has 1 unspecified atom stereocenters. The van der Waals surface area contributed by atoms with Crippen LogP contribution in [0.2, 0.25) is 0 Å². The molecule has 1 atom stereocenters. The fraction of sp³-hybridized carbons (Fsp3) is 0.933. The van der Waals surface area contributed by atoms with Crippen LogP contribution in [0.25, 0.3) is 0 Å².